The summed E-state index contributed by atoms with van der Waals surface area (Å²) in [7, 11) is 4.28. The number of alkyl carbamates (subject to hydrolysis) is 1. The number of nitrogens with one attached hydrogen (secondary N) is 3. The first kappa shape index (κ1) is 18.7. The van der Waals surface area contributed by atoms with Crippen molar-refractivity contribution in [3.63, 3.8) is 0 Å². The molecule has 0 saturated carbocycles. The van der Waals surface area contributed by atoms with Crippen LogP contribution in [0.15, 0.2) is 18.2 Å². The molecule has 0 aromatic heterocycles. The second kappa shape index (κ2) is 8.96. The number of amides is 3. The smallest absolute Gasteiger partial charge is 0.413 e. The van der Waals surface area contributed by atoms with Crippen LogP contribution in [0.2, 0.25) is 5.02 Å². The van der Waals surface area contributed by atoms with Crippen LogP contribution in [-0.4, -0.2) is 52.3 Å². The van der Waals surface area contributed by atoms with Gasteiger partial charge in [0.05, 0.1) is 27.0 Å². The molecule has 0 radical (unpaired) electrons. The van der Waals surface area contributed by atoms with E-state index in [1.54, 1.807) is 25.2 Å². The number of halogens is 1. The third-order valence-corrected chi connectivity index (χ3v) is 3.02. The highest BCUT2D eigenvalue weighted by molar-refractivity contribution is 6.31. The molecule has 3 amide bonds. The maximum absolute atomic E-state index is 12.0. The van der Waals surface area contributed by atoms with Gasteiger partial charge in [-0.15, -0.1) is 0 Å². The third kappa shape index (κ3) is 6.54. The Kier molecular flexibility index (Phi) is 7.30. The number of methoxy groups -OCH3 is 2. The second-order valence-corrected chi connectivity index (χ2v) is 5.18. The van der Waals surface area contributed by atoms with E-state index in [1.807, 2.05) is 5.32 Å². The van der Waals surface area contributed by atoms with Gasteiger partial charge in [0.15, 0.2) is 13.1 Å². The molecular formula is C14H19ClN3O5+. The number of quaternary nitrogens is 1. The van der Waals surface area contributed by atoms with Gasteiger partial charge in [0.25, 0.3) is 11.8 Å². The van der Waals surface area contributed by atoms with Crippen molar-refractivity contribution < 1.29 is 28.8 Å². The largest absolute Gasteiger partial charge is 0.495 e. The SMILES string of the molecule is COC(=O)NC(=O)C[NH+](C)CC(=O)Nc1cc(Cl)ccc1OC. The lowest BCUT2D eigenvalue weighted by Gasteiger charge is -2.14. The lowest BCUT2D eigenvalue weighted by Crippen LogP contribution is -3.11. The normalized spacial score (nSPS) is 11.3. The van der Waals surface area contributed by atoms with Gasteiger partial charge in [-0.3, -0.25) is 14.9 Å². The maximum atomic E-state index is 12.0. The van der Waals surface area contributed by atoms with E-state index < -0.39 is 12.0 Å². The van der Waals surface area contributed by atoms with E-state index in [2.05, 4.69) is 10.1 Å². The summed E-state index contributed by atoms with van der Waals surface area (Å²) in [4.78, 5) is 35.0. The molecule has 0 aliphatic heterocycles. The molecule has 1 atom stereocenters. The minimum atomic E-state index is -0.837. The third-order valence-electron chi connectivity index (χ3n) is 2.79. The molecule has 1 aromatic rings. The summed E-state index contributed by atoms with van der Waals surface area (Å²) >= 11 is 5.89. The highest BCUT2D eigenvalue weighted by Crippen LogP contribution is 2.27. The summed E-state index contributed by atoms with van der Waals surface area (Å²) in [5.74, 6) is -0.389. The maximum Gasteiger partial charge on any atom is 0.413 e. The number of hydrogen-bond acceptors (Lipinski definition) is 5. The molecule has 0 aliphatic rings. The summed E-state index contributed by atoms with van der Waals surface area (Å²) in [6.45, 7) is -0.0422. The summed E-state index contributed by atoms with van der Waals surface area (Å²) in [5.41, 5.74) is 0.441. The van der Waals surface area contributed by atoms with Crippen molar-refractivity contribution in [2.75, 3.05) is 39.7 Å². The lowest BCUT2D eigenvalue weighted by molar-refractivity contribution is -0.862. The zero-order chi connectivity index (χ0) is 17.4. The van der Waals surface area contributed by atoms with Crippen LogP contribution in [0, 0.1) is 0 Å². The number of benzene rings is 1. The van der Waals surface area contributed by atoms with Crippen molar-refractivity contribution >= 4 is 35.2 Å². The minimum Gasteiger partial charge on any atom is -0.495 e. The first-order chi connectivity index (χ1) is 10.8. The second-order valence-electron chi connectivity index (χ2n) is 4.74. The number of anilines is 1. The summed E-state index contributed by atoms with van der Waals surface area (Å²) in [6, 6.07) is 4.85. The van der Waals surface area contributed by atoms with E-state index in [4.69, 9.17) is 16.3 Å². The van der Waals surface area contributed by atoms with E-state index in [0.29, 0.717) is 21.4 Å². The lowest BCUT2D eigenvalue weighted by atomic mass is 10.3. The van der Waals surface area contributed by atoms with Gasteiger partial charge in [-0.2, -0.15) is 0 Å². The van der Waals surface area contributed by atoms with Crippen LogP contribution in [0.5, 0.6) is 5.75 Å². The predicted octanol–water partition coefficient (Wildman–Crippen LogP) is -0.316. The quantitative estimate of drug-likeness (QED) is 0.657. The number of ether oxygens (including phenoxy) is 2. The van der Waals surface area contributed by atoms with Crippen LogP contribution in [0.4, 0.5) is 10.5 Å². The number of rotatable bonds is 6. The topological polar surface area (TPSA) is 98.2 Å². The van der Waals surface area contributed by atoms with E-state index in [1.165, 1.54) is 7.11 Å². The Labute approximate surface area is 138 Å². The Morgan fingerprint density at radius 1 is 1.17 bits per heavy atom. The molecule has 9 heteroatoms. The van der Waals surface area contributed by atoms with Crippen LogP contribution in [0.25, 0.3) is 0 Å². The zero-order valence-corrected chi connectivity index (χ0v) is 13.8. The molecule has 0 fully saturated rings. The highest BCUT2D eigenvalue weighted by Gasteiger charge is 2.17. The summed E-state index contributed by atoms with van der Waals surface area (Å²) < 4.78 is 9.44. The highest BCUT2D eigenvalue weighted by atomic mass is 35.5. The molecule has 23 heavy (non-hydrogen) atoms. The van der Waals surface area contributed by atoms with E-state index >= 15 is 0 Å². The molecule has 1 rings (SSSR count). The van der Waals surface area contributed by atoms with Gasteiger partial charge in [-0.1, -0.05) is 11.6 Å². The standard InChI is InChI=1S/C14H18ClN3O5/c1-18(8-13(20)17-14(21)23-3)7-12(19)16-10-6-9(15)4-5-11(10)22-2/h4-6H,7-8H2,1-3H3,(H,16,19)(H,17,20,21)/p+1. The molecular weight excluding hydrogens is 326 g/mol. The average Bonchev–Trinajstić information content (AvgIpc) is 2.46. The molecule has 0 spiro atoms. The first-order valence-electron chi connectivity index (χ1n) is 6.68. The van der Waals surface area contributed by atoms with Crippen molar-refractivity contribution in [1.29, 1.82) is 0 Å². The number of carbonyl (C=O) groups excluding carboxylic acids is 3. The fraction of sp³-hybridized carbons (Fsp3) is 0.357. The first-order valence-corrected chi connectivity index (χ1v) is 7.06. The molecule has 1 aromatic carbocycles. The Morgan fingerprint density at radius 2 is 1.83 bits per heavy atom. The van der Waals surface area contributed by atoms with Crippen molar-refractivity contribution in [2.45, 2.75) is 0 Å². The molecule has 3 N–H and O–H groups in total. The number of imide groups is 1. The monoisotopic (exact) mass is 344 g/mol. The van der Waals surface area contributed by atoms with Crippen molar-refractivity contribution in [2.24, 2.45) is 0 Å². The predicted molar refractivity (Wildman–Crippen MR) is 83.8 cm³/mol. The van der Waals surface area contributed by atoms with Crippen LogP contribution in [-0.2, 0) is 14.3 Å². The number of likely N-dealkylation sites (N-methyl/N-ethyl adjacent to an activating group) is 1. The Hall–Kier alpha value is -2.32. The van der Waals surface area contributed by atoms with Crippen molar-refractivity contribution in [1.82, 2.24) is 5.32 Å². The fourth-order valence-electron chi connectivity index (χ4n) is 1.79. The molecule has 0 heterocycles. The molecule has 126 valence electrons. The van der Waals surface area contributed by atoms with Gasteiger partial charge in [0.1, 0.15) is 5.75 Å². The summed E-state index contributed by atoms with van der Waals surface area (Å²) in [6.07, 6.45) is -0.837. The zero-order valence-electron chi connectivity index (χ0n) is 13.1. The van der Waals surface area contributed by atoms with Gasteiger partial charge in [0, 0.05) is 5.02 Å². The molecule has 0 bridgehead atoms. The molecule has 0 aliphatic carbocycles. The van der Waals surface area contributed by atoms with Crippen molar-refractivity contribution in [3.8, 4) is 5.75 Å². The molecule has 0 saturated heterocycles. The van der Waals surface area contributed by atoms with Crippen LogP contribution in [0.1, 0.15) is 0 Å². The van der Waals surface area contributed by atoms with Gasteiger partial charge in [-0.05, 0) is 18.2 Å². The number of hydrogen-bond donors (Lipinski definition) is 3. The summed E-state index contributed by atoms with van der Waals surface area (Å²) in [5, 5.41) is 5.14. The number of carbonyl (C=O) groups is 3. The van der Waals surface area contributed by atoms with Gasteiger partial charge >= 0.3 is 6.09 Å². The Bertz CT molecular complexity index is 594. The fourth-order valence-corrected chi connectivity index (χ4v) is 1.96. The van der Waals surface area contributed by atoms with Gasteiger partial charge < -0.3 is 19.7 Å². The van der Waals surface area contributed by atoms with Crippen LogP contribution in [0.3, 0.4) is 0 Å². The van der Waals surface area contributed by atoms with Crippen molar-refractivity contribution in [3.05, 3.63) is 23.2 Å². The molecule has 8 nitrogen and oxygen atoms in total. The Morgan fingerprint density at radius 3 is 2.43 bits per heavy atom. The van der Waals surface area contributed by atoms with E-state index in [0.717, 1.165) is 7.11 Å². The van der Waals surface area contributed by atoms with E-state index in [-0.39, 0.29) is 19.0 Å². The van der Waals surface area contributed by atoms with Gasteiger partial charge in [0.2, 0.25) is 0 Å². The Balaban J connectivity index is 2.55. The van der Waals surface area contributed by atoms with Gasteiger partial charge in [-0.25, -0.2) is 4.79 Å². The average molecular weight is 345 g/mol. The minimum absolute atomic E-state index is 0.0181. The van der Waals surface area contributed by atoms with Crippen LogP contribution >= 0.6 is 11.6 Å². The molecule has 1 unspecified atom stereocenters. The van der Waals surface area contributed by atoms with E-state index in [9.17, 15) is 14.4 Å². The van der Waals surface area contributed by atoms with Crippen LogP contribution < -0.4 is 20.3 Å².